The number of aryl methyl sites for hydroxylation is 1. The number of furan rings is 1. The van der Waals surface area contributed by atoms with Gasteiger partial charge in [-0.15, -0.1) is 0 Å². The Bertz CT molecular complexity index is 616. The van der Waals surface area contributed by atoms with Gasteiger partial charge in [-0.3, -0.25) is 4.79 Å². The monoisotopic (exact) mass is 280 g/mol. The zero-order chi connectivity index (χ0) is 14.0. The van der Waals surface area contributed by atoms with Crippen LogP contribution in [0.5, 0.6) is 11.5 Å². The standard InChI is InChI=1S/C14H13ClO4/c1-8-6-11(17-2)12(18-3)7-9(8)14(16)10-4-5-13(15)19-10/h4-7H,1-3H3. The summed E-state index contributed by atoms with van der Waals surface area (Å²) in [5.41, 5.74) is 1.26. The Labute approximate surface area is 115 Å². The quantitative estimate of drug-likeness (QED) is 0.805. The van der Waals surface area contributed by atoms with Gasteiger partial charge in [-0.2, -0.15) is 0 Å². The van der Waals surface area contributed by atoms with Crippen LogP contribution in [0.25, 0.3) is 0 Å². The van der Waals surface area contributed by atoms with E-state index in [1.165, 1.54) is 13.2 Å². The number of rotatable bonds is 4. The van der Waals surface area contributed by atoms with Gasteiger partial charge in [0.2, 0.25) is 5.78 Å². The highest BCUT2D eigenvalue weighted by Gasteiger charge is 2.18. The molecule has 1 aromatic heterocycles. The highest BCUT2D eigenvalue weighted by atomic mass is 35.5. The fourth-order valence-electron chi connectivity index (χ4n) is 1.79. The van der Waals surface area contributed by atoms with Crippen molar-refractivity contribution in [1.29, 1.82) is 0 Å². The minimum absolute atomic E-state index is 0.182. The van der Waals surface area contributed by atoms with E-state index in [2.05, 4.69) is 0 Å². The Hall–Kier alpha value is -1.94. The van der Waals surface area contributed by atoms with Crippen LogP contribution in [0.1, 0.15) is 21.7 Å². The zero-order valence-corrected chi connectivity index (χ0v) is 11.6. The van der Waals surface area contributed by atoms with Crippen LogP contribution >= 0.6 is 11.6 Å². The van der Waals surface area contributed by atoms with Gasteiger partial charge in [0.15, 0.2) is 22.5 Å². The highest BCUT2D eigenvalue weighted by Crippen LogP contribution is 2.31. The molecule has 0 saturated carbocycles. The maximum atomic E-state index is 12.3. The Morgan fingerprint density at radius 3 is 2.32 bits per heavy atom. The van der Waals surface area contributed by atoms with Crippen LogP contribution in [-0.2, 0) is 0 Å². The summed E-state index contributed by atoms with van der Waals surface area (Å²) in [6, 6.07) is 6.45. The van der Waals surface area contributed by atoms with Gasteiger partial charge in [0, 0.05) is 5.56 Å². The van der Waals surface area contributed by atoms with E-state index in [-0.39, 0.29) is 16.8 Å². The van der Waals surface area contributed by atoms with Crippen molar-refractivity contribution in [2.24, 2.45) is 0 Å². The van der Waals surface area contributed by atoms with E-state index >= 15 is 0 Å². The number of methoxy groups -OCH3 is 2. The first kappa shape index (κ1) is 13.5. The van der Waals surface area contributed by atoms with E-state index in [1.54, 1.807) is 25.3 Å². The summed E-state index contributed by atoms with van der Waals surface area (Å²) in [5.74, 6) is 1.02. The van der Waals surface area contributed by atoms with Crippen molar-refractivity contribution in [2.75, 3.05) is 14.2 Å². The van der Waals surface area contributed by atoms with Crippen molar-refractivity contribution < 1.29 is 18.7 Å². The molecule has 0 aliphatic rings. The average Bonchev–Trinajstić information content (AvgIpc) is 2.84. The number of hydrogen-bond donors (Lipinski definition) is 0. The number of ether oxygens (including phenoxy) is 2. The second-order valence-electron chi connectivity index (χ2n) is 3.95. The number of hydrogen-bond acceptors (Lipinski definition) is 4. The first-order valence-corrected chi connectivity index (χ1v) is 5.97. The average molecular weight is 281 g/mol. The molecule has 19 heavy (non-hydrogen) atoms. The SMILES string of the molecule is COc1cc(C)c(C(=O)c2ccc(Cl)o2)cc1OC. The minimum atomic E-state index is -0.245. The molecule has 0 aliphatic heterocycles. The van der Waals surface area contributed by atoms with Gasteiger partial charge in [-0.05, 0) is 48.4 Å². The molecule has 0 N–H and O–H groups in total. The molecular weight excluding hydrogens is 268 g/mol. The van der Waals surface area contributed by atoms with Gasteiger partial charge in [-0.25, -0.2) is 0 Å². The molecule has 4 nitrogen and oxygen atoms in total. The van der Waals surface area contributed by atoms with E-state index in [9.17, 15) is 4.79 Å². The summed E-state index contributed by atoms with van der Waals surface area (Å²) in [6.07, 6.45) is 0. The summed E-state index contributed by atoms with van der Waals surface area (Å²) in [6.45, 7) is 1.82. The first-order chi connectivity index (χ1) is 9.06. The summed E-state index contributed by atoms with van der Waals surface area (Å²) in [5, 5.41) is 0.182. The summed E-state index contributed by atoms with van der Waals surface area (Å²) in [7, 11) is 3.07. The Morgan fingerprint density at radius 1 is 1.16 bits per heavy atom. The van der Waals surface area contributed by atoms with Gasteiger partial charge >= 0.3 is 0 Å². The van der Waals surface area contributed by atoms with Crippen molar-refractivity contribution in [3.05, 3.63) is 46.4 Å². The van der Waals surface area contributed by atoms with Gasteiger partial charge in [0.25, 0.3) is 0 Å². The third-order valence-corrected chi connectivity index (χ3v) is 2.98. The van der Waals surface area contributed by atoms with Crippen LogP contribution in [0, 0.1) is 6.92 Å². The molecule has 1 heterocycles. The van der Waals surface area contributed by atoms with Crippen molar-refractivity contribution in [3.63, 3.8) is 0 Å². The lowest BCUT2D eigenvalue weighted by Gasteiger charge is -2.11. The number of ketones is 1. The number of carbonyl (C=O) groups is 1. The molecule has 2 rings (SSSR count). The number of benzene rings is 1. The number of halogens is 1. The van der Waals surface area contributed by atoms with Crippen molar-refractivity contribution in [1.82, 2.24) is 0 Å². The van der Waals surface area contributed by atoms with Crippen LogP contribution in [0.15, 0.2) is 28.7 Å². The highest BCUT2D eigenvalue weighted by molar-refractivity contribution is 6.29. The molecular formula is C14H13ClO4. The van der Waals surface area contributed by atoms with Crippen LogP contribution in [0.2, 0.25) is 5.22 Å². The third kappa shape index (κ3) is 2.58. The Kier molecular flexibility index (Phi) is 3.81. The molecule has 5 heteroatoms. The zero-order valence-electron chi connectivity index (χ0n) is 10.8. The molecule has 0 amide bonds. The van der Waals surface area contributed by atoms with Crippen molar-refractivity contribution in [2.45, 2.75) is 6.92 Å². The fourth-order valence-corrected chi connectivity index (χ4v) is 1.94. The largest absolute Gasteiger partial charge is 0.493 e. The van der Waals surface area contributed by atoms with Gasteiger partial charge in [0.05, 0.1) is 14.2 Å². The molecule has 0 atom stereocenters. The second kappa shape index (κ2) is 5.36. The Balaban J connectivity index is 2.47. The maximum Gasteiger partial charge on any atom is 0.228 e. The molecule has 0 aliphatic carbocycles. The lowest BCUT2D eigenvalue weighted by molar-refractivity contribution is 0.101. The van der Waals surface area contributed by atoms with Crippen LogP contribution in [0.3, 0.4) is 0 Å². The minimum Gasteiger partial charge on any atom is -0.493 e. The van der Waals surface area contributed by atoms with Gasteiger partial charge < -0.3 is 13.9 Å². The lowest BCUT2D eigenvalue weighted by atomic mass is 10.0. The molecule has 0 saturated heterocycles. The number of carbonyl (C=O) groups excluding carboxylic acids is 1. The second-order valence-corrected chi connectivity index (χ2v) is 4.33. The molecule has 0 fully saturated rings. The molecule has 2 aromatic rings. The predicted molar refractivity (Wildman–Crippen MR) is 71.4 cm³/mol. The maximum absolute atomic E-state index is 12.3. The van der Waals surface area contributed by atoms with E-state index in [4.69, 9.17) is 25.5 Å². The summed E-state index contributed by atoms with van der Waals surface area (Å²) >= 11 is 5.67. The van der Waals surface area contributed by atoms with Crippen LogP contribution in [0.4, 0.5) is 0 Å². The topological polar surface area (TPSA) is 48.7 Å². The van der Waals surface area contributed by atoms with Crippen molar-refractivity contribution >= 4 is 17.4 Å². The molecule has 0 bridgehead atoms. The smallest absolute Gasteiger partial charge is 0.228 e. The van der Waals surface area contributed by atoms with E-state index in [0.717, 1.165) is 5.56 Å². The molecule has 100 valence electrons. The normalized spacial score (nSPS) is 10.3. The lowest BCUT2D eigenvalue weighted by Crippen LogP contribution is -2.04. The fraction of sp³-hybridized carbons (Fsp3) is 0.214. The Morgan fingerprint density at radius 2 is 1.79 bits per heavy atom. The van der Waals surface area contributed by atoms with Crippen molar-refractivity contribution in [3.8, 4) is 11.5 Å². The molecule has 1 aromatic carbocycles. The molecule has 0 unspecified atom stereocenters. The van der Waals surface area contributed by atoms with E-state index in [1.807, 2.05) is 6.92 Å². The third-order valence-electron chi connectivity index (χ3n) is 2.77. The van der Waals surface area contributed by atoms with Gasteiger partial charge in [0.1, 0.15) is 0 Å². The van der Waals surface area contributed by atoms with Gasteiger partial charge in [-0.1, -0.05) is 0 Å². The summed E-state index contributed by atoms with van der Waals surface area (Å²) in [4.78, 5) is 12.3. The van der Waals surface area contributed by atoms with E-state index in [0.29, 0.717) is 17.1 Å². The molecule has 0 spiro atoms. The van der Waals surface area contributed by atoms with Crippen LogP contribution in [-0.4, -0.2) is 20.0 Å². The van der Waals surface area contributed by atoms with E-state index < -0.39 is 0 Å². The summed E-state index contributed by atoms with van der Waals surface area (Å²) < 4.78 is 15.5. The molecule has 0 radical (unpaired) electrons. The predicted octanol–water partition coefficient (Wildman–Crippen LogP) is 3.49. The first-order valence-electron chi connectivity index (χ1n) is 5.59. The van der Waals surface area contributed by atoms with Crippen LogP contribution < -0.4 is 9.47 Å².